The molecule has 10 heteroatoms. The summed E-state index contributed by atoms with van der Waals surface area (Å²) >= 11 is 0. The maximum atomic E-state index is 12.8. The molecule has 1 rings (SSSR count). The molecule has 0 unspecified atom stereocenters. The molecule has 3 N–H and O–H groups in total. The van der Waals surface area contributed by atoms with E-state index < -0.39 is 42.5 Å². The van der Waals surface area contributed by atoms with Crippen molar-refractivity contribution < 1.29 is 36.3 Å². The van der Waals surface area contributed by atoms with Gasteiger partial charge in [-0.25, -0.2) is 0 Å². The van der Waals surface area contributed by atoms with Crippen LogP contribution in [0.15, 0.2) is 23.4 Å². The molecule has 0 bridgehead atoms. The van der Waals surface area contributed by atoms with Gasteiger partial charge in [-0.15, -0.1) is 0 Å². The van der Waals surface area contributed by atoms with E-state index in [0.29, 0.717) is 6.07 Å². The van der Waals surface area contributed by atoms with Crippen molar-refractivity contribution in [2.75, 3.05) is 6.61 Å². The van der Waals surface area contributed by atoms with Gasteiger partial charge < -0.3 is 15.7 Å². The predicted molar refractivity (Wildman–Crippen MR) is 60.1 cm³/mol. The lowest BCUT2D eigenvalue weighted by Crippen LogP contribution is -2.17. The quantitative estimate of drug-likeness (QED) is 0.295. The molecular formula is C11H10F6N2O2. The van der Waals surface area contributed by atoms with E-state index in [1.165, 1.54) is 0 Å². The zero-order valence-corrected chi connectivity index (χ0v) is 10.3. The number of amidine groups is 1. The molecule has 1 aromatic rings. The number of nitrogens with two attached hydrogens (primary N) is 1. The molecule has 0 atom stereocenters. The monoisotopic (exact) mass is 316 g/mol. The number of alkyl halides is 6. The number of benzene rings is 1. The molecule has 0 saturated carbocycles. The summed E-state index contributed by atoms with van der Waals surface area (Å²) in [7, 11) is 0. The van der Waals surface area contributed by atoms with Crippen LogP contribution in [0, 0.1) is 0 Å². The number of rotatable bonds is 4. The normalized spacial score (nSPS) is 13.3. The number of nitrogens with zero attached hydrogens (tertiary/aromatic N) is 1. The van der Waals surface area contributed by atoms with E-state index in [-0.39, 0.29) is 5.56 Å². The molecular weight excluding hydrogens is 306 g/mol. The molecule has 1 aromatic carbocycles. The summed E-state index contributed by atoms with van der Waals surface area (Å²) in [5, 5.41) is 11.0. The molecule has 0 aliphatic rings. The average Bonchev–Trinajstić information content (AvgIpc) is 2.35. The average molecular weight is 316 g/mol. The van der Waals surface area contributed by atoms with Gasteiger partial charge in [0.25, 0.3) is 0 Å². The zero-order valence-electron chi connectivity index (χ0n) is 10.3. The first kappa shape index (κ1) is 16.9. The van der Waals surface area contributed by atoms with Crippen LogP contribution in [-0.2, 0) is 6.18 Å². The predicted octanol–water partition coefficient (Wildman–Crippen LogP) is 3.13. The molecule has 21 heavy (non-hydrogen) atoms. The number of oxime groups is 1. The molecule has 0 aromatic heterocycles. The summed E-state index contributed by atoms with van der Waals surface area (Å²) in [5.74, 6) is -1.33. The van der Waals surface area contributed by atoms with E-state index in [9.17, 15) is 26.3 Å². The Labute approximate surface area is 114 Å². The fourth-order valence-electron chi connectivity index (χ4n) is 1.37. The lowest BCUT2D eigenvalue weighted by molar-refractivity contribution is -0.143. The summed E-state index contributed by atoms with van der Waals surface area (Å²) in [6.07, 6.45) is -10.8. The van der Waals surface area contributed by atoms with Gasteiger partial charge in [0.2, 0.25) is 0 Å². The highest BCUT2D eigenvalue weighted by Gasteiger charge is 2.35. The Balaban J connectivity index is 3.03. The van der Waals surface area contributed by atoms with Crippen LogP contribution in [0.4, 0.5) is 26.3 Å². The maximum absolute atomic E-state index is 12.8. The number of hydrogen-bond donors (Lipinski definition) is 2. The van der Waals surface area contributed by atoms with Crippen LogP contribution in [0.3, 0.4) is 0 Å². The molecule has 0 fully saturated rings. The van der Waals surface area contributed by atoms with Gasteiger partial charge in [-0.05, 0) is 18.2 Å². The van der Waals surface area contributed by atoms with Crippen LogP contribution in [-0.4, -0.2) is 23.8 Å². The van der Waals surface area contributed by atoms with Crippen molar-refractivity contribution in [1.29, 1.82) is 0 Å². The Morgan fingerprint density at radius 2 is 1.81 bits per heavy atom. The Hall–Kier alpha value is -2.13. The lowest BCUT2D eigenvalue weighted by atomic mass is 10.1. The van der Waals surface area contributed by atoms with Crippen molar-refractivity contribution in [1.82, 2.24) is 0 Å². The van der Waals surface area contributed by atoms with Crippen molar-refractivity contribution in [2.45, 2.75) is 18.8 Å². The second kappa shape index (κ2) is 6.10. The number of ether oxygens (including phenoxy) is 1. The highest BCUT2D eigenvalue weighted by Crippen LogP contribution is 2.37. The van der Waals surface area contributed by atoms with Gasteiger partial charge in [-0.1, -0.05) is 5.16 Å². The largest absolute Gasteiger partial charge is 0.493 e. The molecule has 118 valence electrons. The van der Waals surface area contributed by atoms with Crippen LogP contribution < -0.4 is 10.5 Å². The second-order valence-electron chi connectivity index (χ2n) is 3.91. The minimum absolute atomic E-state index is 0.243. The maximum Gasteiger partial charge on any atom is 0.419 e. The van der Waals surface area contributed by atoms with Crippen LogP contribution in [0.1, 0.15) is 17.5 Å². The van der Waals surface area contributed by atoms with Gasteiger partial charge in [-0.2, -0.15) is 26.3 Å². The summed E-state index contributed by atoms with van der Waals surface area (Å²) < 4.78 is 78.8. The Morgan fingerprint density at radius 3 is 2.29 bits per heavy atom. The molecule has 0 saturated heterocycles. The van der Waals surface area contributed by atoms with E-state index in [0.717, 1.165) is 12.1 Å². The van der Waals surface area contributed by atoms with Crippen molar-refractivity contribution in [3.05, 3.63) is 29.3 Å². The molecule has 0 spiro atoms. The van der Waals surface area contributed by atoms with Gasteiger partial charge in [-0.3, -0.25) is 0 Å². The van der Waals surface area contributed by atoms with E-state index in [1.54, 1.807) is 0 Å². The van der Waals surface area contributed by atoms with E-state index in [4.69, 9.17) is 10.9 Å². The summed E-state index contributed by atoms with van der Waals surface area (Å²) in [4.78, 5) is 0. The first-order valence-electron chi connectivity index (χ1n) is 5.43. The third-order valence-electron chi connectivity index (χ3n) is 2.33. The third kappa shape index (κ3) is 5.04. The first-order chi connectivity index (χ1) is 9.54. The highest BCUT2D eigenvalue weighted by molar-refractivity contribution is 5.97. The van der Waals surface area contributed by atoms with Crippen LogP contribution in [0.2, 0.25) is 0 Å². The van der Waals surface area contributed by atoms with Crippen molar-refractivity contribution in [2.24, 2.45) is 10.9 Å². The third-order valence-corrected chi connectivity index (χ3v) is 2.33. The van der Waals surface area contributed by atoms with E-state index >= 15 is 0 Å². The fourth-order valence-corrected chi connectivity index (χ4v) is 1.37. The minimum Gasteiger partial charge on any atom is -0.493 e. The molecule has 0 radical (unpaired) electrons. The second-order valence-corrected chi connectivity index (χ2v) is 3.91. The van der Waals surface area contributed by atoms with Crippen LogP contribution in [0.5, 0.6) is 5.75 Å². The Morgan fingerprint density at radius 1 is 1.19 bits per heavy atom. The van der Waals surface area contributed by atoms with Crippen molar-refractivity contribution >= 4 is 5.84 Å². The molecule has 0 aliphatic carbocycles. The molecule has 0 aliphatic heterocycles. The molecule has 0 heterocycles. The van der Waals surface area contributed by atoms with Crippen molar-refractivity contribution in [3.63, 3.8) is 0 Å². The lowest BCUT2D eigenvalue weighted by Gasteiger charge is -2.15. The summed E-state index contributed by atoms with van der Waals surface area (Å²) in [6, 6.07) is 2.37. The Kier molecular flexibility index (Phi) is 4.92. The number of hydrogen-bond acceptors (Lipinski definition) is 3. The van der Waals surface area contributed by atoms with Gasteiger partial charge in [0, 0.05) is 5.56 Å². The van der Waals surface area contributed by atoms with Gasteiger partial charge in [0.05, 0.1) is 18.6 Å². The van der Waals surface area contributed by atoms with Crippen LogP contribution >= 0.6 is 0 Å². The first-order valence-corrected chi connectivity index (χ1v) is 5.43. The summed E-state index contributed by atoms with van der Waals surface area (Å²) in [5.41, 5.74) is 3.60. The van der Waals surface area contributed by atoms with Crippen molar-refractivity contribution in [3.8, 4) is 5.75 Å². The molecule has 4 nitrogen and oxygen atoms in total. The summed E-state index contributed by atoms with van der Waals surface area (Å²) in [6.45, 7) is -0.949. The van der Waals surface area contributed by atoms with Gasteiger partial charge in [0.15, 0.2) is 5.84 Å². The minimum atomic E-state index is -4.86. The highest BCUT2D eigenvalue weighted by atomic mass is 19.4. The fraction of sp³-hybridized carbons (Fsp3) is 0.364. The van der Waals surface area contributed by atoms with Gasteiger partial charge >= 0.3 is 12.4 Å². The SMILES string of the molecule is N/C(=N/O)c1ccc(OCCC(F)(F)F)c(C(F)(F)F)c1. The number of halogens is 6. The van der Waals surface area contributed by atoms with Gasteiger partial charge in [0.1, 0.15) is 5.75 Å². The van der Waals surface area contributed by atoms with E-state index in [1.807, 2.05) is 0 Å². The zero-order chi connectivity index (χ0) is 16.3. The van der Waals surface area contributed by atoms with E-state index in [2.05, 4.69) is 9.89 Å². The molecule has 0 amide bonds. The smallest absolute Gasteiger partial charge is 0.419 e. The Bertz CT molecular complexity index is 524. The standard InChI is InChI=1S/C11H10F6N2O2/c12-10(13,14)3-4-21-8-2-1-6(9(18)19-20)5-7(8)11(15,16)17/h1-2,5,20H,3-4H2,(H2,18,19). The van der Waals surface area contributed by atoms with Crippen LogP contribution in [0.25, 0.3) is 0 Å². The topological polar surface area (TPSA) is 67.8 Å².